The summed E-state index contributed by atoms with van der Waals surface area (Å²) in [5.41, 5.74) is 0.440. The molecule has 4 rings (SSSR count). The van der Waals surface area contributed by atoms with Gasteiger partial charge in [0.2, 0.25) is 0 Å². The van der Waals surface area contributed by atoms with E-state index in [9.17, 15) is 9.59 Å². The van der Waals surface area contributed by atoms with Crippen molar-refractivity contribution in [1.29, 1.82) is 0 Å². The Morgan fingerprint density at radius 3 is 2.27 bits per heavy atom. The van der Waals surface area contributed by atoms with Crippen LogP contribution < -0.4 is 20.3 Å². The fourth-order valence-corrected chi connectivity index (χ4v) is 3.46. The Kier molecular flexibility index (Phi) is 6.40. The summed E-state index contributed by atoms with van der Waals surface area (Å²) in [4.78, 5) is 26.0. The molecule has 0 saturated heterocycles. The molecule has 1 heterocycles. The van der Waals surface area contributed by atoms with E-state index in [1.54, 1.807) is 54.6 Å². The normalized spacial score (nSPS) is 10.9. The topological polar surface area (TPSA) is 82.4 Å². The molecule has 33 heavy (non-hydrogen) atoms. The van der Waals surface area contributed by atoms with Crippen LogP contribution in [0.25, 0.3) is 10.8 Å². The van der Waals surface area contributed by atoms with Crippen molar-refractivity contribution in [3.8, 4) is 17.2 Å². The number of aromatic nitrogens is 2. The first kappa shape index (κ1) is 22.1. The lowest BCUT2D eigenvalue weighted by atomic mass is 10.1. The minimum Gasteiger partial charge on any atom is -0.494 e. The van der Waals surface area contributed by atoms with Gasteiger partial charge in [-0.3, -0.25) is 9.59 Å². The minimum atomic E-state index is -0.427. The van der Waals surface area contributed by atoms with Gasteiger partial charge in [-0.1, -0.05) is 30.3 Å². The summed E-state index contributed by atoms with van der Waals surface area (Å²) in [5, 5.41) is 8.22. The van der Waals surface area contributed by atoms with Gasteiger partial charge < -0.3 is 14.8 Å². The molecule has 0 bridgehead atoms. The van der Waals surface area contributed by atoms with Gasteiger partial charge >= 0.3 is 0 Å². The van der Waals surface area contributed by atoms with Gasteiger partial charge in [-0.15, -0.1) is 0 Å². The number of nitrogens with one attached hydrogen (secondary N) is 1. The Morgan fingerprint density at radius 2 is 1.58 bits per heavy atom. The molecule has 7 nitrogen and oxygen atoms in total. The predicted molar refractivity (Wildman–Crippen MR) is 128 cm³/mol. The molecular formula is C26H25N3O4. The van der Waals surface area contributed by atoms with Crippen molar-refractivity contribution in [3.05, 3.63) is 88.8 Å². The molecule has 4 aromatic rings. The van der Waals surface area contributed by atoms with Crippen LogP contribution in [0.5, 0.6) is 17.2 Å². The minimum absolute atomic E-state index is 0.176. The lowest BCUT2D eigenvalue weighted by Crippen LogP contribution is -2.29. The fourth-order valence-electron chi connectivity index (χ4n) is 3.46. The molecule has 1 N–H and O–H groups in total. The Hall–Kier alpha value is -4.13. The number of rotatable bonds is 7. The zero-order valence-corrected chi connectivity index (χ0v) is 18.7. The van der Waals surface area contributed by atoms with Crippen LogP contribution in [-0.2, 0) is 0 Å². The van der Waals surface area contributed by atoms with Gasteiger partial charge in [0.1, 0.15) is 11.5 Å². The maximum absolute atomic E-state index is 13.3. The van der Waals surface area contributed by atoms with Crippen LogP contribution in [0.3, 0.4) is 0 Å². The third kappa shape index (κ3) is 4.72. The van der Waals surface area contributed by atoms with Crippen molar-refractivity contribution in [3.63, 3.8) is 0 Å². The molecule has 0 aliphatic rings. The van der Waals surface area contributed by atoms with E-state index in [1.165, 1.54) is 4.68 Å². The van der Waals surface area contributed by atoms with E-state index >= 15 is 0 Å². The number of amides is 1. The molecule has 0 spiro atoms. The van der Waals surface area contributed by atoms with Gasteiger partial charge in [0.15, 0.2) is 11.4 Å². The Bertz CT molecular complexity index is 1340. The molecule has 0 aliphatic carbocycles. The molecule has 7 heteroatoms. The third-order valence-corrected chi connectivity index (χ3v) is 5.03. The van der Waals surface area contributed by atoms with Gasteiger partial charge in [-0.25, -0.2) is 4.68 Å². The van der Waals surface area contributed by atoms with Crippen molar-refractivity contribution in [2.45, 2.75) is 26.8 Å². The van der Waals surface area contributed by atoms with E-state index in [4.69, 9.17) is 9.47 Å². The summed E-state index contributed by atoms with van der Waals surface area (Å²) in [6.07, 6.45) is 0. The van der Waals surface area contributed by atoms with Gasteiger partial charge in [0, 0.05) is 5.39 Å². The first-order valence-corrected chi connectivity index (χ1v) is 10.8. The van der Waals surface area contributed by atoms with E-state index in [-0.39, 0.29) is 17.3 Å². The number of anilines is 1. The van der Waals surface area contributed by atoms with Crippen LogP contribution in [0.1, 0.15) is 37.3 Å². The SMILES string of the molecule is CCOc1ccc(Oc2ccccc2NC(=O)c2nn(C(C)C)c(=O)c3ccccc23)cc1. The first-order chi connectivity index (χ1) is 16.0. The molecule has 1 amide bonds. The molecule has 0 unspecified atom stereocenters. The zero-order chi connectivity index (χ0) is 23.4. The van der Waals surface area contributed by atoms with E-state index < -0.39 is 5.91 Å². The van der Waals surface area contributed by atoms with Crippen molar-refractivity contribution < 1.29 is 14.3 Å². The highest BCUT2D eigenvalue weighted by Crippen LogP contribution is 2.31. The second-order valence-corrected chi connectivity index (χ2v) is 7.69. The molecule has 0 saturated carbocycles. The highest BCUT2D eigenvalue weighted by molar-refractivity contribution is 6.11. The number of benzene rings is 3. The van der Waals surface area contributed by atoms with E-state index in [0.29, 0.717) is 34.6 Å². The number of hydrogen-bond acceptors (Lipinski definition) is 5. The highest BCUT2D eigenvalue weighted by Gasteiger charge is 2.19. The summed E-state index contributed by atoms with van der Waals surface area (Å²) in [5.74, 6) is 1.42. The van der Waals surface area contributed by atoms with E-state index in [2.05, 4.69) is 10.4 Å². The van der Waals surface area contributed by atoms with Crippen molar-refractivity contribution >= 4 is 22.4 Å². The molecule has 0 radical (unpaired) electrons. The van der Waals surface area contributed by atoms with Crippen molar-refractivity contribution in [2.24, 2.45) is 0 Å². The van der Waals surface area contributed by atoms with Crippen LogP contribution in [0.4, 0.5) is 5.69 Å². The van der Waals surface area contributed by atoms with E-state index in [0.717, 1.165) is 5.75 Å². The quantitative estimate of drug-likeness (QED) is 0.412. The summed E-state index contributed by atoms with van der Waals surface area (Å²) in [7, 11) is 0. The number of para-hydroxylation sites is 2. The second kappa shape index (κ2) is 9.56. The zero-order valence-electron chi connectivity index (χ0n) is 18.7. The maximum Gasteiger partial charge on any atom is 0.276 e. The van der Waals surface area contributed by atoms with Gasteiger partial charge in [-0.2, -0.15) is 5.10 Å². The largest absolute Gasteiger partial charge is 0.494 e. The standard InChI is InChI=1S/C26H25N3O4/c1-4-32-18-13-15-19(16-14-18)33-23-12-8-7-11-22(23)27-25(30)24-20-9-5-6-10-21(20)26(31)29(28-24)17(2)3/h5-17H,4H2,1-3H3,(H,27,30). The highest BCUT2D eigenvalue weighted by atomic mass is 16.5. The molecule has 168 valence electrons. The first-order valence-electron chi connectivity index (χ1n) is 10.8. The molecule has 3 aromatic carbocycles. The number of carbonyl (C=O) groups is 1. The third-order valence-electron chi connectivity index (χ3n) is 5.03. The van der Waals surface area contributed by atoms with Crippen LogP contribution in [0.15, 0.2) is 77.6 Å². The smallest absolute Gasteiger partial charge is 0.276 e. The summed E-state index contributed by atoms with van der Waals surface area (Å²) >= 11 is 0. The van der Waals surface area contributed by atoms with Gasteiger partial charge in [0.25, 0.3) is 11.5 Å². The number of carbonyl (C=O) groups excluding carboxylic acids is 1. The molecule has 0 atom stereocenters. The number of fused-ring (bicyclic) bond motifs is 1. The Labute approximate surface area is 191 Å². The lowest BCUT2D eigenvalue weighted by molar-refractivity contribution is 0.102. The summed E-state index contributed by atoms with van der Waals surface area (Å²) in [6, 6.07) is 21.2. The van der Waals surface area contributed by atoms with Crippen LogP contribution in [-0.4, -0.2) is 22.3 Å². The molecular weight excluding hydrogens is 418 g/mol. The van der Waals surface area contributed by atoms with E-state index in [1.807, 2.05) is 39.0 Å². The maximum atomic E-state index is 13.3. The van der Waals surface area contributed by atoms with Crippen LogP contribution >= 0.6 is 0 Å². The van der Waals surface area contributed by atoms with Crippen LogP contribution in [0, 0.1) is 0 Å². The van der Waals surface area contributed by atoms with Gasteiger partial charge in [-0.05, 0) is 63.2 Å². The molecule has 0 aliphatic heterocycles. The average Bonchev–Trinajstić information content (AvgIpc) is 2.82. The monoisotopic (exact) mass is 443 g/mol. The Morgan fingerprint density at radius 1 is 0.939 bits per heavy atom. The van der Waals surface area contributed by atoms with Crippen molar-refractivity contribution in [1.82, 2.24) is 9.78 Å². The number of ether oxygens (including phenoxy) is 2. The fraction of sp³-hybridized carbons (Fsp3) is 0.192. The molecule has 0 fully saturated rings. The van der Waals surface area contributed by atoms with Crippen LogP contribution in [0.2, 0.25) is 0 Å². The Balaban J connectivity index is 1.66. The summed E-state index contributed by atoms with van der Waals surface area (Å²) in [6.45, 7) is 6.21. The van der Waals surface area contributed by atoms with Gasteiger partial charge in [0.05, 0.1) is 23.7 Å². The lowest BCUT2D eigenvalue weighted by Gasteiger charge is -2.15. The predicted octanol–water partition coefficient (Wildman–Crippen LogP) is 5.42. The average molecular weight is 444 g/mol. The second-order valence-electron chi connectivity index (χ2n) is 7.69. The molecule has 1 aromatic heterocycles. The summed E-state index contributed by atoms with van der Waals surface area (Å²) < 4.78 is 12.8. The number of hydrogen-bond donors (Lipinski definition) is 1. The number of nitrogens with zero attached hydrogens (tertiary/aromatic N) is 2. The van der Waals surface area contributed by atoms with Crippen molar-refractivity contribution in [2.75, 3.05) is 11.9 Å².